The molecule has 0 heterocycles. The van der Waals surface area contributed by atoms with Gasteiger partial charge in [0.1, 0.15) is 18.2 Å². The van der Waals surface area contributed by atoms with E-state index in [1.54, 1.807) is 37.3 Å². The molecule has 0 bridgehead atoms. The van der Waals surface area contributed by atoms with E-state index in [1.807, 2.05) is 6.07 Å². The van der Waals surface area contributed by atoms with Crippen molar-refractivity contribution in [2.24, 2.45) is 0 Å². The Morgan fingerprint density at radius 1 is 1.18 bits per heavy atom. The molecule has 0 saturated carbocycles. The van der Waals surface area contributed by atoms with Crippen LogP contribution in [0.3, 0.4) is 0 Å². The zero-order valence-corrected chi connectivity index (χ0v) is 17.4. The molecule has 5 nitrogen and oxygen atoms in total. The minimum atomic E-state index is -0.710. The first kappa shape index (κ1) is 21.9. The molecule has 28 heavy (non-hydrogen) atoms. The number of carbonyl (C=O) groups excluding carboxylic acids is 1. The Labute approximate surface area is 178 Å². The molecule has 2 aromatic rings. The number of ether oxygens (including phenoxy) is 3. The molecule has 0 spiro atoms. The number of carbonyl (C=O) groups is 1. The number of benzene rings is 2. The summed E-state index contributed by atoms with van der Waals surface area (Å²) in [5.41, 5.74) is 1.06. The van der Waals surface area contributed by atoms with Crippen LogP contribution in [-0.4, -0.2) is 19.7 Å². The highest BCUT2D eigenvalue weighted by Crippen LogP contribution is 2.38. The third-order valence-corrected chi connectivity index (χ3v) is 4.43. The number of rotatable bonds is 7. The second kappa shape index (κ2) is 10.2. The Bertz CT molecular complexity index is 951. The van der Waals surface area contributed by atoms with Crippen molar-refractivity contribution in [2.75, 3.05) is 13.7 Å². The van der Waals surface area contributed by atoms with Gasteiger partial charge in [-0.15, -0.1) is 0 Å². The van der Waals surface area contributed by atoms with Crippen LogP contribution in [0.4, 0.5) is 0 Å². The number of hydrogen-bond acceptors (Lipinski definition) is 5. The molecule has 0 amide bonds. The first-order valence-corrected chi connectivity index (χ1v) is 9.26. The monoisotopic (exact) mass is 439 g/mol. The summed E-state index contributed by atoms with van der Waals surface area (Å²) in [5, 5.41) is 10.4. The van der Waals surface area contributed by atoms with Crippen molar-refractivity contribution in [3.05, 3.63) is 62.1 Å². The van der Waals surface area contributed by atoms with E-state index < -0.39 is 5.97 Å². The van der Waals surface area contributed by atoms with Crippen LogP contribution in [0, 0.1) is 11.3 Å². The molecule has 2 aromatic carbocycles. The predicted octanol–water partition coefficient (Wildman–Crippen LogP) is 5.70. The molecular formula is C20H16Cl3NO4. The maximum atomic E-state index is 11.8. The fraction of sp³-hybridized carbons (Fsp3) is 0.200. The van der Waals surface area contributed by atoms with Crippen LogP contribution in [0.25, 0.3) is 6.08 Å². The lowest BCUT2D eigenvalue weighted by Gasteiger charge is -2.14. The summed E-state index contributed by atoms with van der Waals surface area (Å²) in [4.78, 5) is 11.8. The first-order chi connectivity index (χ1) is 13.4. The molecule has 0 aliphatic rings. The SMILES string of the molecule is CCOC(=O)/C(C#N)=C/c1cc(Cl)c(OCc2ccc(Cl)cc2Cl)c(OC)c1. The summed E-state index contributed by atoms with van der Waals surface area (Å²) in [5.74, 6) is -0.0650. The molecule has 0 N–H and O–H groups in total. The minimum Gasteiger partial charge on any atom is -0.493 e. The largest absolute Gasteiger partial charge is 0.493 e. The van der Waals surface area contributed by atoms with Gasteiger partial charge in [-0.1, -0.05) is 40.9 Å². The van der Waals surface area contributed by atoms with Crippen molar-refractivity contribution in [2.45, 2.75) is 13.5 Å². The van der Waals surface area contributed by atoms with Crippen LogP contribution in [0.15, 0.2) is 35.9 Å². The Kier molecular flexibility index (Phi) is 8.01. The molecule has 0 unspecified atom stereocenters. The summed E-state index contributed by atoms with van der Waals surface area (Å²) in [6.07, 6.45) is 1.37. The van der Waals surface area contributed by atoms with Gasteiger partial charge in [0.25, 0.3) is 0 Å². The summed E-state index contributed by atoms with van der Waals surface area (Å²) in [6.45, 7) is 1.97. The van der Waals surface area contributed by atoms with Gasteiger partial charge in [0.2, 0.25) is 0 Å². The van der Waals surface area contributed by atoms with Gasteiger partial charge in [-0.2, -0.15) is 5.26 Å². The van der Waals surface area contributed by atoms with Crippen LogP contribution in [0.5, 0.6) is 11.5 Å². The van der Waals surface area contributed by atoms with E-state index in [0.717, 1.165) is 5.56 Å². The smallest absolute Gasteiger partial charge is 0.348 e. The first-order valence-electron chi connectivity index (χ1n) is 8.12. The highest BCUT2D eigenvalue weighted by molar-refractivity contribution is 6.35. The van der Waals surface area contributed by atoms with E-state index in [9.17, 15) is 4.79 Å². The molecule has 0 radical (unpaired) electrons. The Morgan fingerprint density at radius 2 is 1.93 bits per heavy atom. The highest BCUT2D eigenvalue weighted by Gasteiger charge is 2.15. The third kappa shape index (κ3) is 5.56. The van der Waals surface area contributed by atoms with E-state index in [1.165, 1.54) is 13.2 Å². The average Bonchev–Trinajstić information content (AvgIpc) is 2.66. The van der Waals surface area contributed by atoms with Crippen LogP contribution in [0.2, 0.25) is 15.1 Å². The lowest BCUT2D eigenvalue weighted by Crippen LogP contribution is -2.06. The van der Waals surface area contributed by atoms with Gasteiger partial charge in [0, 0.05) is 15.6 Å². The molecule has 0 aliphatic heterocycles. The number of methoxy groups -OCH3 is 1. The molecule has 0 aromatic heterocycles. The van der Waals surface area contributed by atoms with E-state index in [4.69, 9.17) is 54.3 Å². The van der Waals surface area contributed by atoms with Crippen LogP contribution in [-0.2, 0) is 16.1 Å². The second-order valence-electron chi connectivity index (χ2n) is 5.45. The van der Waals surface area contributed by atoms with Gasteiger partial charge in [-0.25, -0.2) is 4.79 Å². The van der Waals surface area contributed by atoms with Gasteiger partial charge in [-0.3, -0.25) is 0 Å². The lowest BCUT2D eigenvalue weighted by molar-refractivity contribution is -0.137. The lowest BCUT2D eigenvalue weighted by atomic mass is 10.1. The number of hydrogen-bond donors (Lipinski definition) is 0. The summed E-state index contributed by atoms with van der Waals surface area (Å²) in [7, 11) is 1.46. The van der Waals surface area contributed by atoms with Crippen LogP contribution >= 0.6 is 34.8 Å². The molecule has 0 saturated heterocycles. The standard InChI is InChI=1S/C20H16Cl3NO4/c1-3-27-20(25)14(10-24)6-12-7-17(23)19(18(8-12)26-2)28-11-13-4-5-15(21)9-16(13)22/h4-9H,3,11H2,1-2H3/b14-6+. The second-order valence-corrected chi connectivity index (χ2v) is 6.70. The van der Waals surface area contributed by atoms with Crippen molar-refractivity contribution in [1.29, 1.82) is 5.26 Å². The van der Waals surface area contributed by atoms with Gasteiger partial charge in [0.15, 0.2) is 11.5 Å². The van der Waals surface area contributed by atoms with E-state index in [2.05, 4.69) is 0 Å². The molecule has 146 valence electrons. The van der Waals surface area contributed by atoms with Crippen molar-refractivity contribution >= 4 is 46.8 Å². The van der Waals surface area contributed by atoms with Crippen molar-refractivity contribution < 1.29 is 19.0 Å². The predicted molar refractivity (Wildman–Crippen MR) is 109 cm³/mol. The average molecular weight is 441 g/mol. The quantitative estimate of drug-likeness (QED) is 0.313. The fourth-order valence-corrected chi connectivity index (χ4v) is 3.00. The van der Waals surface area contributed by atoms with Crippen molar-refractivity contribution in [1.82, 2.24) is 0 Å². The maximum Gasteiger partial charge on any atom is 0.348 e. The molecule has 0 fully saturated rings. The topological polar surface area (TPSA) is 68.6 Å². The summed E-state index contributed by atoms with van der Waals surface area (Å²) >= 11 is 18.4. The van der Waals surface area contributed by atoms with E-state index in [0.29, 0.717) is 27.1 Å². The minimum absolute atomic E-state index is 0.146. The number of nitrogens with zero attached hydrogens (tertiary/aromatic N) is 1. The van der Waals surface area contributed by atoms with Gasteiger partial charge < -0.3 is 14.2 Å². The van der Waals surface area contributed by atoms with Crippen LogP contribution < -0.4 is 9.47 Å². The normalized spacial score (nSPS) is 10.9. The number of esters is 1. The Hall–Kier alpha value is -2.39. The van der Waals surface area contributed by atoms with Gasteiger partial charge in [-0.05, 0) is 42.8 Å². The van der Waals surface area contributed by atoms with Crippen LogP contribution in [0.1, 0.15) is 18.1 Å². The molecule has 2 rings (SSSR count). The number of halogens is 3. The zero-order valence-electron chi connectivity index (χ0n) is 15.1. The Balaban J connectivity index is 2.30. The van der Waals surface area contributed by atoms with E-state index >= 15 is 0 Å². The third-order valence-electron chi connectivity index (χ3n) is 3.57. The summed E-state index contributed by atoms with van der Waals surface area (Å²) < 4.78 is 16.0. The molecule has 8 heteroatoms. The molecule has 0 aliphatic carbocycles. The van der Waals surface area contributed by atoms with Crippen molar-refractivity contribution in [3.8, 4) is 17.6 Å². The molecular weight excluding hydrogens is 425 g/mol. The van der Waals surface area contributed by atoms with Crippen molar-refractivity contribution in [3.63, 3.8) is 0 Å². The zero-order chi connectivity index (χ0) is 20.7. The molecule has 0 atom stereocenters. The number of nitriles is 1. The fourth-order valence-electron chi connectivity index (χ4n) is 2.26. The summed E-state index contributed by atoms with van der Waals surface area (Å²) in [6, 6.07) is 10.0. The Morgan fingerprint density at radius 3 is 2.54 bits per heavy atom. The van der Waals surface area contributed by atoms with Gasteiger partial charge in [0.05, 0.1) is 18.7 Å². The van der Waals surface area contributed by atoms with Gasteiger partial charge >= 0.3 is 5.97 Å². The maximum absolute atomic E-state index is 11.8. The highest BCUT2D eigenvalue weighted by atomic mass is 35.5. The van der Waals surface area contributed by atoms with E-state index in [-0.39, 0.29) is 23.8 Å².